The van der Waals surface area contributed by atoms with Crippen molar-refractivity contribution in [3.8, 4) is 0 Å². The molecular formula is C13H26N2O2. The molecule has 0 radical (unpaired) electrons. The molecule has 4 heteroatoms. The Morgan fingerprint density at radius 3 is 2.24 bits per heavy atom. The summed E-state index contributed by atoms with van der Waals surface area (Å²) in [5.74, 6) is -0.0723. The second kappa shape index (κ2) is 10.1. The number of carbonyl (C=O) groups excluding carboxylic acids is 2. The van der Waals surface area contributed by atoms with Crippen molar-refractivity contribution in [2.24, 2.45) is 0 Å². The first-order valence-corrected chi connectivity index (χ1v) is 6.64. The zero-order valence-corrected chi connectivity index (χ0v) is 11.4. The SMILES string of the molecule is CCCCCN(CC(=O)NCCCC)C(C)=O. The van der Waals surface area contributed by atoms with E-state index < -0.39 is 0 Å². The zero-order valence-electron chi connectivity index (χ0n) is 11.4. The van der Waals surface area contributed by atoms with Crippen molar-refractivity contribution >= 4 is 11.8 Å². The Morgan fingerprint density at radius 2 is 1.71 bits per heavy atom. The van der Waals surface area contributed by atoms with Crippen LogP contribution >= 0.6 is 0 Å². The molecule has 1 N–H and O–H groups in total. The van der Waals surface area contributed by atoms with E-state index in [2.05, 4.69) is 19.2 Å². The molecule has 2 amide bonds. The summed E-state index contributed by atoms with van der Waals surface area (Å²) in [7, 11) is 0. The Bertz CT molecular complexity index is 229. The molecule has 0 saturated heterocycles. The van der Waals surface area contributed by atoms with Gasteiger partial charge in [0, 0.05) is 20.0 Å². The highest BCUT2D eigenvalue weighted by molar-refractivity contribution is 5.83. The normalized spacial score (nSPS) is 10.1. The van der Waals surface area contributed by atoms with Crippen LogP contribution in [0, 0.1) is 0 Å². The average Bonchev–Trinajstić information content (AvgIpc) is 2.28. The van der Waals surface area contributed by atoms with Gasteiger partial charge in [0.15, 0.2) is 0 Å². The van der Waals surface area contributed by atoms with Crippen molar-refractivity contribution in [2.75, 3.05) is 19.6 Å². The Labute approximate surface area is 105 Å². The molecule has 0 aromatic carbocycles. The van der Waals surface area contributed by atoms with E-state index in [0.29, 0.717) is 13.1 Å². The van der Waals surface area contributed by atoms with Gasteiger partial charge in [0.25, 0.3) is 0 Å². The van der Waals surface area contributed by atoms with Crippen LogP contribution in [0.5, 0.6) is 0 Å². The summed E-state index contributed by atoms with van der Waals surface area (Å²) in [4.78, 5) is 24.5. The molecule has 0 bridgehead atoms. The van der Waals surface area contributed by atoms with Gasteiger partial charge in [-0.3, -0.25) is 9.59 Å². The summed E-state index contributed by atoms with van der Waals surface area (Å²) in [5, 5.41) is 2.83. The van der Waals surface area contributed by atoms with Gasteiger partial charge in [-0.25, -0.2) is 0 Å². The smallest absolute Gasteiger partial charge is 0.239 e. The molecule has 100 valence electrons. The molecule has 0 aliphatic rings. The van der Waals surface area contributed by atoms with Crippen molar-refractivity contribution in [1.82, 2.24) is 10.2 Å². The summed E-state index contributed by atoms with van der Waals surface area (Å²) >= 11 is 0. The molecule has 0 aliphatic carbocycles. The van der Waals surface area contributed by atoms with Crippen LogP contribution in [0.25, 0.3) is 0 Å². The van der Waals surface area contributed by atoms with Gasteiger partial charge in [0.2, 0.25) is 11.8 Å². The molecule has 0 aromatic heterocycles. The van der Waals surface area contributed by atoms with Crippen LogP contribution in [-0.4, -0.2) is 36.3 Å². The average molecular weight is 242 g/mol. The second-order valence-corrected chi connectivity index (χ2v) is 4.35. The van der Waals surface area contributed by atoms with Gasteiger partial charge in [-0.05, 0) is 12.8 Å². The minimum atomic E-state index is -0.0508. The number of amides is 2. The number of hydrogen-bond donors (Lipinski definition) is 1. The number of rotatable bonds is 9. The molecule has 0 aromatic rings. The molecule has 17 heavy (non-hydrogen) atoms. The molecule has 0 aliphatic heterocycles. The molecule has 0 heterocycles. The number of unbranched alkanes of at least 4 members (excludes halogenated alkanes) is 3. The molecule has 0 atom stereocenters. The van der Waals surface area contributed by atoms with E-state index in [9.17, 15) is 9.59 Å². The molecule has 4 nitrogen and oxygen atoms in total. The van der Waals surface area contributed by atoms with E-state index in [0.717, 1.165) is 32.1 Å². The fourth-order valence-electron chi connectivity index (χ4n) is 1.53. The maximum atomic E-state index is 11.6. The van der Waals surface area contributed by atoms with Gasteiger partial charge in [-0.1, -0.05) is 33.1 Å². The highest BCUT2D eigenvalue weighted by Crippen LogP contribution is 1.99. The Balaban J connectivity index is 3.89. The third-order valence-electron chi connectivity index (χ3n) is 2.66. The highest BCUT2D eigenvalue weighted by Gasteiger charge is 2.12. The van der Waals surface area contributed by atoms with Crippen LogP contribution in [0.1, 0.15) is 52.9 Å². The van der Waals surface area contributed by atoms with Crippen LogP contribution < -0.4 is 5.32 Å². The number of nitrogens with zero attached hydrogens (tertiary/aromatic N) is 1. The predicted octanol–water partition coefficient (Wildman–Crippen LogP) is 1.94. The molecular weight excluding hydrogens is 216 g/mol. The zero-order chi connectivity index (χ0) is 13.1. The van der Waals surface area contributed by atoms with Crippen LogP contribution in [0.2, 0.25) is 0 Å². The summed E-state index contributed by atoms with van der Waals surface area (Å²) in [5.41, 5.74) is 0. The Morgan fingerprint density at radius 1 is 1.06 bits per heavy atom. The van der Waals surface area contributed by atoms with Crippen LogP contribution in [-0.2, 0) is 9.59 Å². The summed E-state index contributed by atoms with van der Waals surface area (Å²) in [6.07, 6.45) is 5.24. The van der Waals surface area contributed by atoms with Crippen LogP contribution in [0.15, 0.2) is 0 Å². The number of hydrogen-bond acceptors (Lipinski definition) is 2. The first-order chi connectivity index (χ1) is 8.11. The Kier molecular flexibility index (Phi) is 9.49. The monoisotopic (exact) mass is 242 g/mol. The van der Waals surface area contributed by atoms with E-state index in [1.54, 1.807) is 4.90 Å². The number of carbonyl (C=O) groups is 2. The van der Waals surface area contributed by atoms with Crippen molar-refractivity contribution in [3.63, 3.8) is 0 Å². The van der Waals surface area contributed by atoms with Crippen molar-refractivity contribution < 1.29 is 9.59 Å². The first kappa shape index (κ1) is 15.9. The maximum absolute atomic E-state index is 11.6. The van der Waals surface area contributed by atoms with Gasteiger partial charge in [-0.2, -0.15) is 0 Å². The largest absolute Gasteiger partial charge is 0.355 e. The lowest BCUT2D eigenvalue weighted by molar-refractivity contribution is -0.134. The fourth-order valence-corrected chi connectivity index (χ4v) is 1.53. The topological polar surface area (TPSA) is 49.4 Å². The number of nitrogens with one attached hydrogen (secondary N) is 1. The molecule has 0 unspecified atom stereocenters. The molecule has 0 saturated carbocycles. The van der Waals surface area contributed by atoms with Gasteiger partial charge in [0.1, 0.15) is 0 Å². The summed E-state index contributed by atoms with van der Waals surface area (Å²) in [6, 6.07) is 0. The lowest BCUT2D eigenvalue weighted by atomic mass is 10.2. The van der Waals surface area contributed by atoms with Gasteiger partial charge >= 0.3 is 0 Å². The second-order valence-electron chi connectivity index (χ2n) is 4.35. The van der Waals surface area contributed by atoms with Gasteiger partial charge in [0.05, 0.1) is 6.54 Å². The first-order valence-electron chi connectivity index (χ1n) is 6.64. The molecule has 0 rings (SSSR count). The van der Waals surface area contributed by atoms with Crippen molar-refractivity contribution in [1.29, 1.82) is 0 Å². The quantitative estimate of drug-likeness (QED) is 0.628. The van der Waals surface area contributed by atoms with E-state index >= 15 is 0 Å². The fraction of sp³-hybridized carbons (Fsp3) is 0.846. The van der Waals surface area contributed by atoms with Gasteiger partial charge in [-0.15, -0.1) is 0 Å². The minimum Gasteiger partial charge on any atom is -0.355 e. The molecule has 0 spiro atoms. The minimum absolute atomic E-state index is 0.0215. The van der Waals surface area contributed by atoms with E-state index in [1.165, 1.54) is 6.92 Å². The van der Waals surface area contributed by atoms with E-state index in [1.807, 2.05) is 0 Å². The third kappa shape index (κ3) is 8.72. The highest BCUT2D eigenvalue weighted by atomic mass is 16.2. The van der Waals surface area contributed by atoms with Crippen molar-refractivity contribution in [2.45, 2.75) is 52.9 Å². The molecule has 0 fully saturated rings. The predicted molar refractivity (Wildman–Crippen MR) is 69.7 cm³/mol. The van der Waals surface area contributed by atoms with E-state index in [4.69, 9.17) is 0 Å². The third-order valence-corrected chi connectivity index (χ3v) is 2.66. The van der Waals surface area contributed by atoms with Crippen LogP contribution in [0.3, 0.4) is 0 Å². The summed E-state index contributed by atoms with van der Waals surface area (Å²) in [6.45, 7) is 7.31. The maximum Gasteiger partial charge on any atom is 0.239 e. The van der Waals surface area contributed by atoms with E-state index in [-0.39, 0.29) is 18.4 Å². The standard InChI is InChI=1S/C13H26N2O2/c1-4-6-8-10-15(12(3)16)11-13(17)14-9-7-5-2/h4-11H2,1-3H3,(H,14,17). The van der Waals surface area contributed by atoms with Gasteiger partial charge < -0.3 is 10.2 Å². The lowest BCUT2D eigenvalue weighted by Gasteiger charge is -2.20. The van der Waals surface area contributed by atoms with Crippen molar-refractivity contribution in [3.05, 3.63) is 0 Å². The lowest BCUT2D eigenvalue weighted by Crippen LogP contribution is -2.40. The summed E-state index contributed by atoms with van der Waals surface area (Å²) < 4.78 is 0. The van der Waals surface area contributed by atoms with Crippen LogP contribution in [0.4, 0.5) is 0 Å². The Hall–Kier alpha value is -1.06.